The van der Waals surface area contributed by atoms with Crippen molar-refractivity contribution in [1.82, 2.24) is 4.90 Å². The number of nitrogens with zero attached hydrogens (tertiary/aromatic N) is 2. The van der Waals surface area contributed by atoms with Crippen LogP contribution in [0.3, 0.4) is 0 Å². The molecular formula is C13H14N2O4. The van der Waals surface area contributed by atoms with Crippen LogP contribution in [0.4, 0.5) is 0 Å². The van der Waals surface area contributed by atoms with Crippen LogP contribution in [0.5, 0.6) is 11.5 Å². The molecule has 2 heterocycles. The monoisotopic (exact) mass is 262 g/mol. The van der Waals surface area contributed by atoms with Gasteiger partial charge in [-0.05, 0) is 18.2 Å². The highest BCUT2D eigenvalue weighted by Crippen LogP contribution is 2.32. The van der Waals surface area contributed by atoms with Gasteiger partial charge in [-0.15, -0.1) is 0 Å². The number of benzene rings is 1. The molecule has 6 nitrogen and oxygen atoms in total. The lowest BCUT2D eigenvalue weighted by Gasteiger charge is -2.27. The number of rotatable bonds is 1. The Morgan fingerprint density at radius 2 is 1.95 bits per heavy atom. The first-order valence-electron chi connectivity index (χ1n) is 6.16. The van der Waals surface area contributed by atoms with Gasteiger partial charge in [-0.3, -0.25) is 4.79 Å². The SMILES string of the molecule is O=C(c1ccc2c(c1)OCO2)N1CCC(=NO)CC1. The fraction of sp³-hybridized carbons (Fsp3) is 0.385. The first-order valence-corrected chi connectivity index (χ1v) is 6.16. The summed E-state index contributed by atoms with van der Waals surface area (Å²) in [6, 6.07) is 5.20. The van der Waals surface area contributed by atoms with Gasteiger partial charge in [-0.2, -0.15) is 0 Å². The van der Waals surface area contributed by atoms with Crippen LogP contribution in [0.1, 0.15) is 23.2 Å². The highest BCUT2D eigenvalue weighted by Gasteiger charge is 2.23. The quantitative estimate of drug-likeness (QED) is 0.614. The summed E-state index contributed by atoms with van der Waals surface area (Å²) < 4.78 is 10.5. The molecule has 0 radical (unpaired) electrons. The third-order valence-corrected chi connectivity index (χ3v) is 3.39. The number of oxime groups is 1. The zero-order valence-corrected chi connectivity index (χ0v) is 10.3. The van der Waals surface area contributed by atoms with Crippen LogP contribution in [0.15, 0.2) is 23.4 Å². The standard InChI is InChI=1S/C13H14N2O4/c16-13(15-5-3-10(14-17)4-6-15)9-1-2-11-12(7-9)19-8-18-11/h1-2,7,17H,3-6,8H2. The zero-order valence-electron chi connectivity index (χ0n) is 10.3. The number of ether oxygens (including phenoxy) is 2. The number of likely N-dealkylation sites (tertiary alicyclic amines) is 1. The van der Waals surface area contributed by atoms with Gasteiger partial charge in [0.15, 0.2) is 11.5 Å². The normalized spacial score (nSPS) is 17.5. The first-order chi connectivity index (χ1) is 9.28. The van der Waals surface area contributed by atoms with Crippen LogP contribution in [0.2, 0.25) is 0 Å². The van der Waals surface area contributed by atoms with Gasteiger partial charge in [-0.1, -0.05) is 5.16 Å². The fourth-order valence-electron chi connectivity index (χ4n) is 2.28. The molecule has 19 heavy (non-hydrogen) atoms. The van der Waals surface area contributed by atoms with Gasteiger partial charge in [0.2, 0.25) is 6.79 Å². The van der Waals surface area contributed by atoms with Crippen molar-refractivity contribution in [3.05, 3.63) is 23.8 Å². The van der Waals surface area contributed by atoms with Crippen molar-refractivity contribution in [1.29, 1.82) is 0 Å². The molecule has 3 rings (SSSR count). The van der Waals surface area contributed by atoms with E-state index in [0.29, 0.717) is 43.0 Å². The Balaban J connectivity index is 1.74. The predicted molar refractivity (Wildman–Crippen MR) is 66.9 cm³/mol. The highest BCUT2D eigenvalue weighted by atomic mass is 16.7. The highest BCUT2D eigenvalue weighted by molar-refractivity contribution is 5.96. The first kappa shape index (κ1) is 11.8. The fourth-order valence-corrected chi connectivity index (χ4v) is 2.28. The number of hydrogen-bond donors (Lipinski definition) is 1. The third-order valence-electron chi connectivity index (χ3n) is 3.39. The molecule has 100 valence electrons. The molecule has 1 fully saturated rings. The van der Waals surface area contributed by atoms with Gasteiger partial charge in [0.25, 0.3) is 5.91 Å². The average Bonchev–Trinajstić information content (AvgIpc) is 2.94. The summed E-state index contributed by atoms with van der Waals surface area (Å²) in [5, 5.41) is 11.9. The minimum absolute atomic E-state index is 0.0321. The number of amides is 1. The second-order valence-electron chi connectivity index (χ2n) is 4.53. The molecule has 2 aliphatic heterocycles. The number of piperidine rings is 1. The summed E-state index contributed by atoms with van der Waals surface area (Å²) in [6.45, 7) is 1.35. The zero-order chi connectivity index (χ0) is 13.2. The minimum atomic E-state index is -0.0321. The Labute approximate surface area is 110 Å². The van der Waals surface area contributed by atoms with Gasteiger partial charge in [0.1, 0.15) is 0 Å². The molecule has 0 unspecified atom stereocenters. The second-order valence-corrected chi connectivity index (χ2v) is 4.53. The molecule has 1 N–H and O–H groups in total. The van der Waals surface area contributed by atoms with Crippen molar-refractivity contribution >= 4 is 11.6 Å². The van der Waals surface area contributed by atoms with Crippen molar-refractivity contribution < 1.29 is 19.5 Å². The van der Waals surface area contributed by atoms with E-state index in [0.717, 1.165) is 5.71 Å². The van der Waals surface area contributed by atoms with Crippen LogP contribution in [0, 0.1) is 0 Å². The van der Waals surface area contributed by atoms with Crippen LogP contribution < -0.4 is 9.47 Å². The Morgan fingerprint density at radius 1 is 1.21 bits per heavy atom. The average molecular weight is 262 g/mol. The molecule has 0 aliphatic carbocycles. The molecule has 6 heteroatoms. The van der Waals surface area contributed by atoms with E-state index in [2.05, 4.69) is 5.16 Å². The lowest BCUT2D eigenvalue weighted by molar-refractivity contribution is 0.0753. The maximum atomic E-state index is 12.3. The van der Waals surface area contributed by atoms with E-state index in [9.17, 15) is 4.79 Å². The maximum Gasteiger partial charge on any atom is 0.254 e. The van der Waals surface area contributed by atoms with Gasteiger partial charge in [-0.25, -0.2) is 0 Å². The van der Waals surface area contributed by atoms with Crippen LogP contribution >= 0.6 is 0 Å². The Morgan fingerprint density at radius 3 is 2.68 bits per heavy atom. The summed E-state index contributed by atoms with van der Waals surface area (Å²) >= 11 is 0. The summed E-state index contributed by atoms with van der Waals surface area (Å²) in [4.78, 5) is 14.1. The number of carbonyl (C=O) groups excluding carboxylic acids is 1. The summed E-state index contributed by atoms with van der Waals surface area (Å²) in [5.74, 6) is 1.25. The van der Waals surface area contributed by atoms with Crippen LogP contribution in [-0.4, -0.2) is 41.6 Å². The van der Waals surface area contributed by atoms with E-state index in [1.807, 2.05) is 0 Å². The summed E-state index contributed by atoms with van der Waals surface area (Å²) in [6.07, 6.45) is 1.24. The topological polar surface area (TPSA) is 71.4 Å². The molecule has 0 saturated carbocycles. The van der Waals surface area contributed by atoms with E-state index < -0.39 is 0 Å². The van der Waals surface area contributed by atoms with E-state index in [-0.39, 0.29) is 12.7 Å². The van der Waals surface area contributed by atoms with Crippen molar-refractivity contribution in [3.63, 3.8) is 0 Å². The van der Waals surface area contributed by atoms with Gasteiger partial charge in [0, 0.05) is 31.5 Å². The molecule has 0 atom stereocenters. The lowest BCUT2D eigenvalue weighted by Crippen LogP contribution is -2.38. The lowest BCUT2D eigenvalue weighted by atomic mass is 10.1. The molecule has 1 aromatic carbocycles. The summed E-state index contributed by atoms with van der Waals surface area (Å²) in [5.41, 5.74) is 1.34. The Hall–Kier alpha value is -2.24. The molecule has 1 saturated heterocycles. The van der Waals surface area contributed by atoms with E-state index in [1.54, 1.807) is 23.1 Å². The third kappa shape index (κ3) is 2.21. The van der Waals surface area contributed by atoms with Crippen molar-refractivity contribution in [3.8, 4) is 11.5 Å². The van der Waals surface area contributed by atoms with Crippen molar-refractivity contribution in [2.75, 3.05) is 19.9 Å². The minimum Gasteiger partial charge on any atom is -0.454 e. The maximum absolute atomic E-state index is 12.3. The largest absolute Gasteiger partial charge is 0.454 e. The molecule has 1 aromatic rings. The predicted octanol–water partition coefficient (Wildman–Crippen LogP) is 1.48. The van der Waals surface area contributed by atoms with Gasteiger partial charge < -0.3 is 19.6 Å². The second kappa shape index (κ2) is 4.79. The molecule has 2 aliphatic rings. The van der Waals surface area contributed by atoms with E-state index in [1.165, 1.54) is 0 Å². The molecular weight excluding hydrogens is 248 g/mol. The van der Waals surface area contributed by atoms with Gasteiger partial charge >= 0.3 is 0 Å². The smallest absolute Gasteiger partial charge is 0.254 e. The van der Waals surface area contributed by atoms with Crippen LogP contribution in [0.25, 0.3) is 0 Å². The van der Waals surface area contributed by atoms with Crippen molar-refractivity contribution in [2.24, 2.45) is 5.16 Å². The Bertz CT molecular complexity index is 531. The van der Waals surface area contributed by atoms with Crippen molar-refractivity contribution in [2.45, 2.75) is 12.8 Å². The molecule has 0 spiro atoms. The van der Waals surface area contributed by atoms with Crippen LogP contribution in [-0.2, 0) is 0 Å². The number of hydrogen-bond acceptors (Lipinski definition) is 5. The van der Waals surface area contributed by atoms with E-state index >= 15 is 0 Å². The molecule has 1 amide bonds. The van der Waals surface area contributed by atoms with Gasteiger partial charge in [0.05, 0.1) is 5.71 Å². The number of fused-ring (bicyclic) bond motifs is 1. The number of carbonyl (C=O) groups is 1. The molecule has 0 aromatic heterocycles. The molecule has 0 bridgehead atoms. The summed E-state index contributed by atoms with van der Waals surface area (Å²) in [7, 11) is 0. The Kier molecular flexibility index (Phi) is 2.98. The van der Waals surface area contributed by atoms with E-state index in [4.69, 9.17) is 14.7 Å².